The number of aromatic nitrogens is 2. The van der Waals surface area contributed by atoms with E-state index in [0.29, 0.717) is 18.4 Å². The monoisotopic (exact) mass is 248 g/mol. The minimum atomic E-state index is -0.254. The first kappa shape index (κ1) is 13.3. The molecule has 3 nitrogen and oxygen atoms in total. The molecule has 0 bridgehead atoms. The molecule has 3 atom stereocenters. The van der Waals surface area contributed by atoms with Gasteiger partial charge in [-0.25, -0.2) is 0 Å². The van der Waals surface area contributed by atoms with Crippen molar-refractivity contribution in [2.24, 2.45) is 5.92 Å². The summed E-state index contributed by atoms with van der Waals surface area (Å²) in [6, 6.07) is 2.47. The summed E-state index contributed by atoms with van der Waals surface area (Å²) in [6.45, 7) is 4.33. The lowest BCUT2D eigenvalue weighted by molar-refractivity contribution is 0.101. The molecule has 0 fully saturated rings. The van der Waals surface area contributed by atoms with Crippen molar-refractivity contribution in [3.8, 4) is 0 Å². The summed E-state index contributed by atoms with van der Waals surface area (Å²) >= 11 is 0. The van der Waals surface area contributed by atoms with Gasteiger partial charge >= 0.3 is 0 Å². The number of aliphatic hydroxyl groups is 1. The number of allylic oxidation sites excluding steroid dienone is 2. The number of nitrogens with zero attached hydrogens (tertiary/aromatic N) is 2. The van der Waals surface area contributed by atoms with Crippen LogP contribution >= 0.6 is 0 Å². The Balaban J connectivity index is 1.92. The molecule has 1 aromatic heterocycles. The van der Waals surface area contributed by atoms with Crippen LogP contribution in [0.4, 0.5) is 0 Å². The molecule has 2 rings (SSSR count). The smallest absolute Gasteiger partial charge is 0.0650 e. The first-order valence-electron chi connectivity index (χ1n) is 7.07. The normalized spacial score (nSPS) is 22.9. The van der Waals surface area contributed by atoms with Crippen LogP contribution in [0.1, 0.15) is 51.3 Å². The van der Waals surface area contributed by atoms with Crippen LogP contribution in [0.3, 0.4) is 0 Å². The third-order valence-corrected chi connectivity index (χ3v) is 3.98. The molecule has 1 aliphatic carbocycles. The highest BCUT2D eigenvalue weighted by atomic mass is 16.3. The second-order valence-corrected chi connectivity index (χ2v) is 5.36. The van der Waals surface area contributed by atoms with Crippen LogP contribution in [-0.2, 0) is 6.42 Å². The van der Waals surface area contributed by atoms with Crippen molar-refractivity contribution in [2.45, 2.75) is 58.1 Å². The predicted molar refractivity (Wildman–Crippen MR) is 73.4 cm³/mol. The summed E-state index contributed by atoms with van der Waals surface area (Å²) < 4.78 is 2.00. The third-order valence-electron chi connectivity index (χ3n) is 3.98. The molecule has 0 amide bonds. The van der Waals surface area contributed by atoms with Crippen molar-refractivity contribution in [2.75, 3.05) is 0 Å². The predicted octanol–water partition coefficient (Wildman–Crippen LogP) is 3.11. The Morgan fingerprint density at radius 1 is 1.50 bits per heavy atom. The minimum Gasteiger partial charge on any atom is -0.392 e. The van der Waals surface area contributed by atoms with Gasteiger partial charge in [-0.15, -0.1) is 0 Å². The van der Waals surface area contributed by atoms with Gasteiger partial charge in [-0.3, -0.25) is 4.68 Å². The van der Waals surface area contributed by atoms with Gasteiger partial charge < -0.3 is 5.11 Å². The van der Waals surface area contributed by atoms with Gasteiger partial charge in [-0.2, -0.15) is 5.10 Å². The van der Waals surface area contributed by atoms with E-state index in [4.69, 9.17) is 0 Å². The average molecular weight is 248 g/mol. The van der Waals surface area contributed by atoms with E-state index in [1.807, 2.05) is 16.9 Å². The fraction of sp³-hybridized carbons (Fsp3) is 0.667. The highest BCUT2D eigenvalue weighted by molar-refractivity contribution is 5.03. The Kier molecular flexibility index (Phi) is 4.59. The third kappa shape index (κ3) is 3.22. The zero-order valence-corrected chi connectivity index (χ0v) is 11.4. The molecule has 18 heavy (non-hydrogen) atoms. The Labute approximate surface area is 110 Å². The van der Waals surface area contributed by atoms with Crippen molar-refractivity contribution < 1.29 is 5.11 Å². The van der Waals surface area contributed by atoms with E-state index >= 15 is 0 Å². The Morgan fingerprint density at radius 2 is 2.33 bits per heavy atom. The van der Waals surface area contributed by atoms with Gasteiger partial charge in [0.2, 0.25) is 0 Å². The topological polar surface area (TPSA) is 38.0 Å². The highest BCUT2D eigenvalue weighted by Gasteiger charge is 2.20. The van der Waals surface area contributed by atoms with Crippen molar-refractivity contribution in [3.63, 3.8) is 0 Å². The zero-order chi connectivity index (χ0) is 13.0. The van der Waals surface area contributed by atoms with Gasteiger partial charge in [-0.05, 0) is 44.6 Å². The van der Waals surface area contributed by atoms with Crippen LogP contribution in [0.15, 0.2) is 24.4 Å². The van der Waals surface area contributed by atoms with Crippen molar-refractivity contribution in [3.05, 3.63) is 30.1 Å². The number of rotatable bonds is 5. The number of hydrogen-bond acceptors (Lipinski definition) is 2. The molecule has 3 unspecified atom stereocenters. The summed E-state index contributed by atoms with van der Waals surface area (Å²) in [4.78, 5) is 0. The van der Waals surface area contributed by atoms with Crippen LogP contribution in [0.25, 0.3) is 0 Å². The fourth-order valence-electron chi connectivity index (χ4n) is 2.47. The summed E-state index contributed by atoms with van der Waals surface area (Å²) in [5.74, 6) is 0.406. The Bertz CT molecular complexity index is 397. The SMILES string of the molecule is CCC(C)n1ccc(CC(O)C2CC=CCC2)n1. The van der Waals surface area contributed by atoms with Crippen LogP contribution in [0.2, 0.25) is 0 Å². The minimum absolute atomic E-state index is 0.254. The molecule has 1 N–H and O–H groups in total. The lowest BCUT2D eigenvalue weighted by Crippen LogP contribution is -2.24. The maximum absolute atomic E-state index is 10.2. The van der Waals surface area contributed by atoms with E-state index in [-0.39, 0.29) is 6.10 Å². The second kappa shape index (κ2) is 6.19. The van der Waals surface area contributed by atoms with E-state index in [9.17, 15) is 5.11 Å². The summed E-state index contributed by atoms with van der Waals surface area (Å²) in [5.41, 5.74) is 1.01. The zero-order valence-electron chi connectivity index (χ0n) is 11.4. The van der Waals surface area contributed by atoms with Gasteiger partial charge in [0.25, 0.3) is 0 Å². The lowest BCUT2D eigenvalue weighted by atomic mass is 9.87. The number of hydrogen-bond donors (Lipinski definition) is 1. The van der Waals surface area contributed by atoms with Gasteiger partial charge in [0.05, 0.1) is 11.8 Å². The van der Waals surface area contributed by atoms with Crippen molar-refractivity contribution in [1.82, 2.24) is 9.78 Å². The average Bonchev–Trinajstić information content (AvgIpc) is 2.87. The first-order chi connectivity index (χ1) is 8.70. The quantitative estimate of drug-likeness (QED) is 0.813. The van der Waals surface area contributed by atoms with Gasteiger partial charge in [0.1, 0.15) is 0 Å². The summed E-state index contributed by atoms with van der Waals surface area (Å²) in [7, 11) is 0. The maximum Gasteiger partial charge on any atom is 0.0650 e. The Hall–Kier alpha value is -1.09. The molecule has 0 radical (unpaired) electrons. The molecular weight excluding hydrogens is 224 g/mol. The standard InChI is InChI=1S/C15H24N2O/c1-3-12(2)17-10-9-14(16-17)11-15(18)13-7-5-4-6-8-13/h4-5,9-10,12-13,15,18H,3,6-8,11H2,1-2H3. The molecular formula is C15H24N2O. The summed E-state index contributed by atoms with van der Waals surface area (Å²) in [6.07, 6.45) is 11.1. The first-order valence-corrected chi connectivity index (χ1v) is 7.07. The molecule has 0 saturated carbocycles. The largest absolute Gasteiger partial charge is 0.392 e. The van der Waals surface area contributed by atoms with Crippen molar-refractivity contribution >= 4 is 0 Å². The van der Waals surface area contributed by atoms with Crippen LogP contribution in [0, 0.1) is 5.92 Å². The fourth-order valence-corrected chi connectivity index (χ4v) is 2.47. The Morgan fingerprint density at radius 3 is 3.00 bits per heavy atom. The van der Waals surface area contributed by atoms with Crippen LogP contribution in [-0.4, -0.2) is 21.0 Å². The molecule has 1 aliphatic rings. The lowest BCUT2D eigenvalue weighted by Gasteiger charge is -2.23. The molecule has 3 heteroatoms. The van der Waals surface area contributed by atoms with Crippen molar-refractivity contribution in [1.29, 1.82) is 0 Å². The van der Waals surface area contributed by atoms with E-state index < -0.39 is 0 Å². The molecule has 0 spiro atoms. The molecule has 0 aliphatic heterocycles. The molecule has 0 aromatic carbocycles. The van der Waals surface area contributed by atoms with Crippen LogP contribution in [0.5, 0.6) is 0 Å². The maximum atomic E-state index is 10.2. The molecule has 1 heterocycles. The van der Waals surface area contributed by atoms with Gasteiger partial charge in [0.15, 0.2) is 0 Å². The molecule has 1 aromatic rings. The van der Waals surface area contributed by atoms with Crippen LogP contribution < -0.4 is 0 Å². The molecule has 0 saturated heterocycles. The van der Waals surface area contributed by atoms with E-state index in [2.05, 4.69) is 31.1 Å². The second-order valence-electron chi connectivity index (χ2n) is 5.36. The highest BCUT2D eigenvalue weighted by Crippen LogP contribution is 2.23. The van der Waals surface area contributed by atoms with Gasteiger partial charge in [0, 0.05) is 18.7 Å². The number of aliphatic hydroxyl groups excluding tert-OH is 1. The summed E-state index contributed by atoms with van der Waals surface area (Å²) in [5, 5.41) is 14.8. The van der Waals surface area contributed by atoms with E-state index in [1.165, 1.54) is 0 Å². The van der Waals surface area contributed by atoms with Gasteiger partial charge in [-0.1, -0.05) is 19.1 Å². The molecule has 100 valence electrons. The van der Waals surface area contributed by atoms with E-state index in [1.54, 1.807) is 0 Å². The van der Waals surface area contributed by atoms with E-state index in [0.717, 1.165) is 31.4 Å².